The summed E-state index contributed by atoms with van der Waals surface area (Å²) in [4.78, 5) is 16.4. The largest absolute Gasteiger partial charge is 0.493 e. The molecule has 0 aliphatic rings. The molecule has 1 amide bonds. The second-order valence-electron chi connectivity index (χ2n) is 5.33. The molecule has 0 saturated carbocycles. The van der Waals surface area contributed by atoms with Crippen LogP contribution in [0.15, 0.2) is 53.1 Å². The van der Waals surface area contributed by atoms with Gasteiger partial charge in [0.15, 0.2) is 17.6 Å². The van der Waals surface area contributed by atoms with E-state index < -0.39 is 12.0 Å². The Kier molecular flexibility index (Phi) is 5.38. The molecule has 8 heteroatoms. The van der Waals surface area contributed by atoms with Gasteiger partial charge in [0.2, 0.25) is 0 Å². The van der Waals surface area contributed by atoms with E-state index in [9.17, 15) is 4.79 Å². The maximum atomic E-state index is 12.3. The molecule has 1 aromatic heterocycles. The first kappa shape index (κ1) is 17.8. The standard InChI is InChI=1S/C18H16ClN3O4/c1-11(25-15-9-4-3-8-14(15)24-2)16(23)20-18-21-17(26-22-18)12-6-5-7-13(19)10-12/h3-11H,1-2H3,(H,20,22,23)/t11-/m0/s1. The highest BCUT2D eigenvalue weighted by Gasteiger charge is 2.19. The topological polar surface area (TPSA) is 86.5 Å². The Labute approximate surface area is 154 Å². The van der Waals surface area contributed by atoms with E-state index in [1.165, 1.54) is 7.11 Å². The third kappa shape index (κ3) is 4.12. The van der Waals surface area contributed by atoms with Crippen LogP contribution in [0.1, 0.15) is 6.92 Å². The number of para-hydroxylation sites is 2. The maximum Gasteiger partial charge on any atom is 0.270 e. The third-order valence-electron chi connectivity index (χ3n) is 3.47. The van der Waals surface area contributed by atoms with Crippen molar-refractivity contribution in [1.29, 1.82) is 0 Å². The summed E-state index contributed by atoms with van der Waals surface area (Å²) in [6.45, 7) is 1.61. The van der Waals surface area contributed by atoms with E-state index in [1.807, 2.05) is 6.07 Å². The number of halogens is 1. The third-order valence-corrected chi connectivity index (χ3v) is 3.71. The van der Waals surface area contributed by atoms with Crippen LogP contribution in [0.3, 0.4) is 0 Å². The number of hydrogen-bond acceptors (Lipinski definition) is 6. The van der Waals surface area contributed by atoms with Gasteiger partial charge >= 0.3 is 0 Å². The molecule has 0 unspecified atom stereocenters. The van der Waals surface area contributed by atoms with Gasteiger partial charge in [0.1, 0.15) is 0 Å². The molecule has 3 rings (SSSR count). The van der Waals surface area contributed by atoms with Gasteiger partial charge in [-0.2, -0.15) is 4.98 Å². The Balaban J connectivity index is 1.66. The summed E-state index contributed by atoms with van der Waals surface area (Å²) in [6.07, 6.45) is -0.792. The van der Waals surface area contributed by atoms with Crippen LogP contribution < -0.4 is 14.8 Å². The van der Waals surface area contributed by atoms with Gasteiger partial charge in [-0.05, 0) is 42.4 Å². The Hall–Kier alpha value is -3.06. The van der Waals surface area contributed by atoms with Crippen LogP contribution in [0, 0.1) is 0 Å². The highest BCUT2D eigenvalue weighted by atomic mass is 35.5. The van der Waals surface area contributed by atoms with Crippen molar-refractivity contribution in [3.05, 3.63) is 53.6 Å². The molecular formula is C18H16ClN3O4. The first-order valence-electron chi connectivity index (χ1n) is 7.77. The molecule has 2 aromatic carbocycles. The fourth-order valence-corrected chi connectivity index (χ4v) is 2.38. The number of nitrogens with zero attached hydrogens (tertiary/aromatic N) is 2. The first-order valence-corrected chi connectivity index (χ1v) is 8.15. The predicted octanol–water partition coefficient (Wildman–Crippen LogP) is 3.80. The van der Waals surface area contributed by atoms with Gasteiger partial charge in [0, 0.05) is 10.6 Å². The summed E-state index contributed by atoms with van der Waals surface area (Å²) in [5.41, 5.74) is 0.656. The van der Waals surface area contributed by atoms with Crippen molar-refractivity contribution in [3.63, 3.8) is 0 Å². The molecule has 26 heavy (non-hydrogen) atoms. The Morgan fingerprint density at radius 3 is 2.69 bits per heavy atom. The SMILES string of the molecule is COc1ccccc1O[C@@H](C)C(=O)Nc1noc(-c2cccc(Cl)c2)n1. The van der Waals surface area contributed by atoms with Gasteiger partial charge < -0.3 is 14.0 Å². The zero-order chi connectivity index (χ0) is 18.5. The number of rotatable bonds is 6. The number of carbonyl (C=O) groups excluding carboxylic acids is 1. The number of nitrogens with one attached hydrogen (secondary N) is 1. The summed E-state index contributed by atoms with van der Waals surface area (Å²) in [6, 6.07) is 14.0. The zero-order valence-corrected chi connectivity index (χ0v) is 14.9. The Morgan fingerprint density at radius 1 is 1.19 bits per heavy atom. The van der Waals surface area contributed by atoms with Crippen LogP contribution in [-0.4, -0.2) is 29.3 Å². The van der Waals surface area contributed by atoms with Gasteiger partial charge in [-0.1, -0.05) is 29.8 Å². The maximum absolute atomic E-state index is 12.3. The van der Waals surface area contributed by atoms with Gasteiger partial charge in [0.05, 0.1) is 7.11 Å². The number of carbonyl (C=O) groups is 1. The molecule has 134 valence electrons. The van der Waals surface area contributed by atoms with Crippen LogP contribution in [-0.2, 0) is 4.79 Å². The molecule has 0 radical (unpaired) electrons. The van der Waals surface area contributed by atoms with Crippen LogP contribution in [0.2, 0.25) is 5.02 Å². The van der Waals surface area contributed by atoms with Crippen LogP contribution in [0.5, 0.6) is 11.5 Å². The number of amides is 1. The van der Waals surface area contributed by atoms with Crippen LogP contribution in [0.4, 0.5) is 5.95 Å². The van der Waals surface area contributed by atoms with E-state index in [-0.39, 0.29) is 11.8 Å². The van der Waals surface area contributed by atoms with Crippen molar-refractivity contribution in [2.75, 3.05) is 12.4 Å². The summed E-state index contributed by atoms with van der Waals surface area (Å²) in [5, 5.41) is 6.84. The predicted molar refractivity (Wildman–Crippen MR) is 96.5 cm³/mol. The van der Waals surface area contributed by atoms with Crippen LogP contribution in [0.25, 0.3) is 11.5 Å². The number of benzene rings is 2. The second-order valence-corrected chi connectivity index (χ2v) is 5.77. The van der Waals surface area contributed by atoms with E-state index in [0.29, 0.717) is 22.1 Å². The molecule has 0 saturated heterocycles. The highest BCUT2D eigenvalue weighted by Crippen LogP contribution is 2.27. The molecule has 0 fully saturated rings. The summed E-state index contributed by atoms with van der Waals surface area (Å²) >= 11 is 5.94. The lowest BCUT2D eigenvalue weighted by molar-refractivity contribution is -0.122. The first-order chi connectivity index (χ1) is 12.6. The van der Waals surface area contributed by atoms with Crippen molar-refractivity contribution < 1.29 is 18.8 Å². The summed E-state index contributed by atoms with van der Waals surface area (Å²) < 4.78 is 16.0. The minimum absolute atomic E-state index is 0.0421. The molecule has 1 N–H and O–H groups in total. The smallest absolute Gasteiger partial charge is 0.270 e. The quantitative estimate of drug-likeness (QED) is 0.707. The van der Waals surface area contributed by atoms with Crippen molar-refractivity contribution >= 4 is 23.5 Å². The minimum atomic E-state index is -0.792. The molecule has 1 heterocycles. The number of anilines is 1. The highest BCUT2D eigenvalue weighted by molar-refractivity contribution is 6.30. The average molecular weight is 374 g/mol. The molecule has 0 aliphatic carbocycles. The lowest BCUT2D eigenvalue weighted by Crippen LogP contribution is -2.30. The van der Waals surface area contributed by atoms with E-state index in [0.717, 1.165) is 0 Å². The van der Waals surface area contributed by atoms with Crippen molar-refractivity contribution in [2.45, 2.75) is 13.0 Å². The van der Waals surface area contributed by atoms with Crippen molar-refractivity contribution in [1.82, 2.24) is 10.1 Å². The Morgan fingerprint density at radius 2 is 1.96 bits per heavy atom. The molecule has 0 spiro atoms. The average Bonchev–Trinajstić information content (AvgIpc) is 3.10. The van der Waals surface area contributed by atoms with Crippen LogP contribution >= 0.6 is 11.6 Å². The normalized spacial score (nSPS) is 11.7. The molecular weight excluding hydrogens is 358 g/mol. The van der Waals surface area contributed by atoms with Gasteiger partial charge in [-0.25, -0.2) is 0 Å². The molecule has 0 aliphatic heterocycles. The van der Waals surface area contributed by atoms with Gasteiger partial charge in [-0.3, -0.25) is 10.1 Å². The van der Waals surface area contributed by atoms with Gasteiger partial charge in [0.25, 0.3) is 17.7 Å². The molecule has 1 atom stereocenters. The number of ether oxygens (including phenoxy) is 2. The number of methoxy groups -OCH3 is 1. The second kappa shape index (κ2) is 7.88. The molecule has 7 nitrogen and oxygen atoms in total. The minimum Gasteiger partial charge on any atom is -0.493 e. The zero-order valence-electron chi connectivity index (χ0n) is 14.1. The summed E-state index contributed by atoms with van der Waals surface area (Å²) in [7, 11) is 1.53. The lowest BCUT2D eigenvalue weighted by Gasteiger charge is -2.15. The molecule has 0 bridgehead atoms. The monoisotopic (exact) mass is 373 g/mol. The van der Waals surface area contributed by atoms with Crippen molar-refractivity contribution in [2.24, 2.45) is 0 Å². The number of aromatic nitrogens is 2. The van der Waals surface area contributed by atoms with E-state index in [2.05, 4.69) is 15.5 Å². The van der Waals surface area contributed by atoms with E-state index in [4.69, 9.17) is 25.6 Å². The number of hydrogen-bond donors (Lipinski definition) is 1. The fraction of sp³-hybridized carbons (Fsp3) is 0.167. The Bertz CT molecular complexity index is 913. The lowest BCUT2D eigenvalue weighted by atomic mass is 10.2. The van der Waals surface area contributed by atoms with Gasteiger partial charge in [-0.15, -0.1) is 0 Å². The fourth-order valence-electron chi connectivity index (χ4n) is 2.18. The van der Waals surface area contributed by atoms with E-state index >= 15 is 0 Å². The molecule has 3 aromatic rings. The van der Waals surface area contributed by atoms with E-state index in [1.54, 1.807) is 49.4 Å². The van der Waals surface area contributed by atoms with Crippen molar-refractivity contribution in [3.8, 4) is 23.0 Å². The summed E-state index contributed by atoms with van der Waals surface area (Å²) in [5.74, 6) is 0.872.